The molecule has 2 heteroatoms. The summed E-state index contributed by atoms with van der Waals surface area (Å²) in [6, 6.07) is 5.19. The number of carbonyl (C=O) groups excluding carboxylic acids is 2. The molecule has 13 heavy (non-hydrogen) atoms. The summed E-state index contributed by atoms with van der Waals surface area (Å²) in [7, 11) is 0. The Morgan fingerprint density at radius 3 is 2.15 bits per heavy atom. The molecule has 1 aromatic rings. The van der Waals surface area contributed by atoms with Crippen LogP contribution in [0.5, 0.6) is 0 Å². The lowest BCUT2D eigenvalue weighted by Gasteiger charge is -2.03. The minimum absolute atomic E-state index is 0.000556. The number of benzene rings is 1. The van der Waals surface area contributed by atoms with Crippen molar-refractivity contribution in [3.8, 4) is 0 Å². The average Bonchev–Trinajstić information content (AvgIpc) is 2.04. The van der Waals surface area contributed by atoms with Gasteiger partial charge in [0.2, 0.25) is 0 Å². The fraction of sp³-hybridized carbons (Fsp3) is 0.273. The van der Waals surface area contributed by atoms with Gasteiger partial charge in [-0.05, 0) is 32.4 Å². The van der Waals surface area contributed by atoms with E-state index in [1.807, 2.05) is 6.92 Å². The van der Waals surface area contributed by atoms with Crippen molar-refractivity contribution in [1.29, 1.82) is 0 Å². The zero-order valence-electron chi connectivity index (χ0n) is 8.05. The van der Waals surface area contributed by atoms with E-state index in [4.69, 9.17) is 0 Å². The van der Waals surface area contributed by atoms with E-state index < -0.39 is 0 Å². The highest BCUT2D eigenvalue weighted by Crippen LogP contribution is 2.12. The number of hydrogen-bond donors (Lipinski definition) is 0. The van der Waals surface area contributed by atoms with E-state index in [-0.39, 0.29) is 11.6 Å². The molecule has 0 aliphatic carbocycles. The maximum Gasteiger partial charge on any atom is 0.160 e. The third-order valence-corrected chi connectivity index (χ3v) is 2.02. The smallest absolute Gasteiger partial charge is 0.160 e. The van der Waals surface area contributed by atoms with Crippen molar-refractivity contribution in [2.45, 2.75) is 20.8 Å². The van der Waals surface area contributed by atoms with Crippen LogP contribution in [0.3, 0.4) is 0 Å². The molecule has 1 rings (SSSR count). The normalized spacial score (nSPS) is 9.77. The molecule has 0 aromatic heterocycles. The van der Waals surface area contributed by atoms with Crippen molar-refractivity contribution in [3.63, 3.8) is 0 Å². The average molecular weight is 176 g/mol. The van der Waals surface area contributed by atoms with Crippen LogP contribution in [0, 0.1) is 6.92 Å². The lowest BCUT2D eigenvalue weighted by Crippen LogP contribution is -2.00. The number of hydrogen-bond acceptors (Lipinski definition) is 2. The Balaban J connectivity index is 3.27. The summed E-state index contributed by atoms with van der Waals surface area (Å²) in [5, 5.41) is 0. The first-order valence-electron chi connectivity index (χ1n) is 4.15. The SMILES string of the molecule is CC(=O)c1ccc(C)c(C(C)=O)c1. The van der Waals surface area contributed by atoms with E-state index in [0.717, 1.165) is 5.56 Å². The lowest BCUT2D eigenvalue weighted by molar-refractivity contribution is 0.101. The van der Waals surface area contributed by atoms with Gasteiger partial charge in [-0.25, -0.2) is 0 Å². The van der Waals surface area contributed by atoms with Gasteiger partial charge in [0.05, 0.1) is 0 Å². The molecule has 0 amide bonds. The maximum absolute atomic E-state index is 11.1. The van der Waals surface area contributed by atoms with Crippen LogP contribution in [0.25, 0.3) is 0 Å². The van der Waals surface area contributed by atoms with Crippen molar-refractivity contribution in [2.75, 3.05) is 0 Å². The lowest BCUT2D eigenvalue weighted by atomic mass is 10.0. The third-order valence-electron chi connectivity index (χ3n) is 2.02. The molecule has 68 valence electrons. The molecule has 0 saturated carbocycles. The summed E-state index contributed by atoms with van der Waals surface area (Å²) in [6.45, 7) is 4.86. The quantitative estimate of drug-likeness (QED) is 0.648. The van der Waals surface area contributed by atoms with Gasteiger partial charge in [-0.1, -0.05) is 12.1 Å². The minimum Gasteiger partial charge on any atom is -0.295 e. The first-order valence-corrected chi connectivity index (χ1v) is 4.15. The highest BCUT2D eigenvalue weighted by Gasteiger charge is 2.06. The third kappa shape index (κ3) is 2.02. The van der Waals surface area contributed by atoms with Gasteiger partial charge in [0.15, 0.2) is 11.6 Å². The monoisotopic (exact) mass is 176 g/mol. The number of Topliss-reactive ketones (excluding diaryl/α,β-unsaturated/α-hetero) is 2. The predicted octanol–water partition coefficient (Wildman–Crippen LogP) is 2.40. The van der Waals surface area contributed by atoms with Gasteiger partial charge >= 0.3 is 0 Å². The van der Waals surface area contributed by atoms with Crippen molar-refractivity contribution in [1.82, 2.24) is 0 Å². The number of rotatable bonds is 2. The fourth-order valence-electron chi connectivity index (χ4n) is 1.22. The van der Waals surface area contributed by atoms with Crippen LogP contribution in [-0.2, 0) is 0 Å². The highest BCUT2D eigenvalue weighted by atomic mass is 16.1. The zero-order chi connectivity index (χ0) is 10.0. The molecule has 0 aliphatic rings. The van der Waals surface area contributed by atoms with Gasteiger partial charge in [0, 0.05) is 11.1 Å². The van der Waals surface area contributed by atoms with Crippen LogP contribution in [0.4, 0.5) is 0 Å². The van der Waals surface area contributed by atoms with E-state index in [1.165, 1.54) is 13.8 Å². The van der Waals surface area contributed by atoms with E-state index in [9.17, 15) is 9.59 Å². The van der Waals surface area contributed by atoms with E-state index >= 15 is 0 Å². The van der Waals surface area contributed by atoms with Gasteiger partial charge in [0.25, 0.3) is 0 Å². The van der Waals surface area contributed by atoms with Crippen LogP contribution >= 0.6 is 0 Å². The van der Waals surface area contributed by atoms with Crippen molar-refractivity contribution < 1.29 is 9.59 Å². The summed E-state index contributed by atoms with van der Waals surface area (Å²) < 4.78 is 0. The molecule has 0 spiro atoms. The second-order valence-corrected chi connectivity index (χ2v) is 3.14. The summed E-state index contributed by atoms with van der Waals surface area (Å²) >= 11 is 0. The van der Waals surface area contributed by atoms with Crippen LogP contribution in [0.15, 0.2) is 18.2 Å². The highest BCUT2D eigenvalue weighted by molar-refractivity contribution is 6.00. The molecule has 1 aromatic carbocycles. The van der Waals surface area contributed by atoms with Crippen molar-refractivity contribution >= 4 is 11.6 Å². The Morgan fingerprint density at radius 1 is 1.08 bits per heavy atom. The molecule has 2 nitrogen and oxygen atoms in total. The van der Waals surface area contributed by atoms with Gasteiger partial charge in [-0.2, -0.15) is 0 Å². The summed E-state index contributed by atoms with van der Waals surface area (Å²) in [5.41, 5.74) is 2.14. The van der Waals surface area contributed by atoms with Gasteiger partial charge < -0.3 is 0 Å². The summed E-state index contributed by atoms with van der Waals surface area (Å²) in [6.07, 6.45) is 0. The molecular formula is C11H12O2. The van der Waals surface area contributed by atoms with Crippen LogP contribution in [-0.4, -0.2) is 11.6 Å². The molecule has 0 bridgehead atoms. The first kappa shape index (κ1) is 9.65. The topological polar surface area (TPSA) is 34.1 Å². The molecule has 0 aliphatic heterocycles. The maximum atomic E-state index is 11.1. The molecule has 0 atom stereocenters. The first-order chi connectivity index (χ1) is 6.02. The molecular weight excluding hydrogens is 164 g/mol. The standard InChI is InChI=1S/C11H12O2/c1-7-4-5-10(8(2)12)6-11(7)9(3)13/h4-6H,1-3H3. The summed E-state index contributed by atoms with van der Waals surface area (Å²) in [5.74, 6) is -0.0110. The minimum atomic E-state index is -0.0116. The van der Waals surface area contributed by atoms with Crippen LogP contribution in [0.2, 0.25) is 0 Å². The molecule has 0 N–H and O–H groups in total. The van der Waals surface area contributed by atoms with Crippen LogP contribution in [0.1, 0.15) is 40.1 Å². The Bertz CT molecular complexity index is 364. The Labute approximate surface area is 77.6 Å². The molecule has 0 heterocycles. The Hall–Kier alpha value is -1.44. The molecule has 0 fully saturated rings. The van der Waals surface area contributed by atoms with Crippen LogP contribution < -0.4 is 0 Å². The van der Waals surface area contributed by atoms with E-state index in [2.05, 4.69) is 0 Å². The second kappa shape index (κ2) is 3.52. The van der Waals surface area contributed by atoms with Crippen molar-refractivity contribution in [3.05, 3.63) is 34.9 Å². The van der Waals surface area contributed by atoms with E-state index in [0.29, 0.717) is 11.1 Å². The fourth-order valence-corrected chi connectivity index (χ4v) is 1.22. The molecule has 0 unspecified atom stereocenters. The van der Waals surface area contributed by atoms with Gasteiger partial charge in [-0.3, -0.25) is 9.59 Å². The predicted molar refractivity (Wildman–Crippen MR) is 51.2 cm³/mol. The number of carbonyl (C=O) groups is 2. The second-order valence-electron chi connectivity index (χ2n) is 3.14. The Morgan fingerprint density at radius 2 is 1.69 bits per heavy atom. The molecule has 0 radical (unpaired) electrons. The number of ketones is 2. The zero-order valence-corrected chi connectivity index (χ0v) is 8.05. The van der Waals surface area contributed by atoms with Gasteiger partial charge in [-0.15, -0.1) is 0 Å². The van der Waals surface area contributed by atoms with Crippen molar-refractivity contribution in [2.24, 2.45) is 0 Å². The summed E-state index contributed by atoms with van der Waals surface area (Å²) in [4.78, 5) is 22.1. The van der Waals surface area contributed by atoms with Gasteiger partial charge in [0.1, 0.15) is 0 Å². The molecule has 0 saturated heterocycles. The Kier molecular flexibility index (Phi) is 2.61. The number of aryl methyl sites for hydroxylation is 1. The largest absolute Gasteiger partial charge is 0.295 e. The van der Waals surface area contributed by atoms with E-state index in [1.54, 1.807) is 18.2 Å².